The molecule has 0 saturated carbocycles. The predicted molar refractivity (Wildman–Crippen MR) is 105 cm³/mol. The van der Waals surface area contributed by atoms with Gasteiger partial charge < -0.3 is 20.3 Å². The molecule has 0 fully saturated rings. The number of para-hydroxylation sites is 2. The lowest BCUT2D eigenvalue weighted by Crippen LogP contribution is -2.47. The summed E-state index contributed by atoms with van der Waals surface area (Å²) in [6.07, 6.45) is -4.65. The summed E-state index contributed by atoms with van der Waals surface area (Å²) in [5, 5.41) is 5.18. The van der Waals surface area contributed by atoms with Crippen LogP contribution in [0.1, 0.15) is 24.1 Å². The molecule has 2 N–H and O–H groups in total. The fraction of sp³-hybridized carbons (Fsp3) is 0.238. The summed E-state index contributed by atoms with van der Waals surface area (Å²) in [6.45, 7) is 1.51. The standard InChI is InChI=1S/C21H20F3N3O3/c1-12-17(19(28)25-15-10-6-7-11-16(15)30-3)18(26-20(29)27(12)2)13-8-4-5-9-14(13)21(22,23)24/h4-11,18H,1-3H3,(H,25,28)(H,26,29)/t18-/m0/s1. The van der Waals surface area contributed by atoms with Crippen LogP contribution in [0.5, 0.6) is 5.75 Å². The zero-order chi connectivity index (χ0) is 22.1. The quantitative estimate of drug-likeness (QED) is 0.775. The first-order valence-corrected chi connectivity index (χ1v) is 9.00. The lowest BCUT2D eigenvalue weighted by atomic mass is 9.90. The summed E-state index contributed by atoms with van der Waals surface area (Å²) < 4.78 is 46.0. The van der Waals surface area contributed by atoms with Gasteiger partial charge in [0.15, 0.2) is 0 Å². The van der Waals surface area contributed by atoms with Crippen LogP contribution < -0.4 is 15.4 Å². The number of carbonyl (C=O) groups is 2. The zero-order valence-corrected chi connectivity index (χ0v) is 16.5. The molecule has 2 aromatic carbocycles. The highest BCUT2D eigenvalue weighted by Gasteiger charge is 2.40. The molecule has 3 rings (SSSR count). The van der Waals surface area contributed by atoms with Crippen molar-refractivity contribution in [2.75, 3.05) is 19.5 Å². The topological polar surface area (TPSA) is 70.7 Å². The number of allylic oxidation sites excluding steroid dienone is 1. The maximum atomic E-state index is 13.6. The Hall–Kier alpha value is -3.49. The molecule has 0 aliphatic carbocycles. The number of benzene rings is 2. The molecule has 1 atom stereocenters. The maximum absolute atomic E-state index is 13.6. The van der Waals surface area contributed by atoms with Gasteiger partial charge >= 0.3 is 12.2 Å². The predicted octanol–water partition coefficient (Wildman–Crippen LogP) is 4.32. The molecule has 0 radical (unpaired) electrons. The number of halogens is 3. The third kappa shape index (κ3) is 3.96. The Bertz CT molecular complexity index is 1020. The molecular weight excluding hydrogens is 399 g/mol. The van der Waals surface area contributed by atoms with Crippen LogP contribution >= 0.6 is 0 Å². The summed E-state index contributed by atoms with van der Waals surface area (Å²) >= 11 is 0. The van der Waals surface area contributed by atoms with Gasteiger partial charge in [-0.2, -0.15) is 13.2 Å². The van der Waals surface area contributed by atoms with Crippen molar-refractivity contribution in [1.29, 1.82) is 0 Å². The summed E-state index contributed by atoms with van der Waals surface area (Å²) in [7, 11) is 2.87. The SMILES string of the molecule is COc1ccccc1NC(=O)C1=C(C)N(C)C(=O)N[C@H]1c1ccccc1C(F)(F)F. The average molecular weight is 419 g/mol. The van der Waals surface area contributed by atoms with Gasteiger partial charge in [0.1, 0.15) is 5.75 Å². The van der Waals surface area contributed by atoms with E-state index in [1.807, 2.05) is 0 Å². The van der Waals surface area contributed by atoms with Gasteiger partial charge in [0.2, 0.25) is 0 Å². The fourth-order valence-electron chi connectivity index (χ4n) is 3.31. The number of carbonyl (C=O) groups excluding carboxylic acids is 2. The molecule has 158 valence electrons. The maximum Gasteiger partial charge on any atom is 0.416 e. The van der Waals surface area contributed by atoms with Gasteiger partial charge in [-0.25, -0.2) is 4.79 Å². The molecule has 1 aliphatic heterocycles. The first kappa shape index (κ1) is 21.2. The van der Waals surface area contributed by atoms with Crippen molar-refractivity contribution in [2.24, 2.45) is 0 Å². The third-order valence-electron chi connectivity index (χ3n) is 4.93. The molecule has 0 saturated heterocycles. The largest absolute Gasteiger partial charge is 0.495 e. The van der Waals surface area contributed by atoms with E-state index in [2.05, 4.69) is 10.6 Å². The van der Waals surface area contributed by atoms with Gasteiger partial charge in [-0.05, 0) is 30.7 Å². The minimum absolute atomic E-state index is 0.000272. The number of anilines is 1. The smallest absolute Gasteiger partial charge is 0.416 e. The van der Waals surface area contributed by atoms with Gasteiger partial charge in [-0.3, -0.25) is 4.79 Å². The minimum Gasteiger partial charge on any atom is -0.495 e. The minimum atomic E-state index is -4.65. The molecule has 3 amide bonds. The normalized spacial score (nSPS) is 16.9. The Labute approximate surface area is 171 Å². The Morgan fingerprint density at radius 1 is 1.13 bits per heavy atom. The second-order valence-corrected chi connectivity index (χ2v) is 6.68. The van der Waals surface area contributed by atoms with Crippen molar-refractivity contribution in [2.45, 2.75) is 19.1 Å². The average Bonchev–Trinajstić information content (AvgIpc) is 2.71. The number of nitrogens with one attached hydrogen (secondary N) is 2. The number of hydrogen-bond donors (Lipinski definition) is 2. The van der Waals surface area contributed by atoms with Crippen LogP contribution in [0.25, 0.3) is 0 Å². The lowest BCUT2D eigenvalue weighted by molar-refractivity contribution is -0.138. The Balaban J connectivity index is 2.10. The number of hydrogen-bond acceptors (Lipinski definition) is 3. The van der Waals surface area contributed by atoms with Gasteiger partial charge in [0, 0.05) is 12.7 Å². The van der Waals surface area contributed by atoms with Crippen molar-refractivity contribution in [1.82, 2.24) is 10.2 Å². The number of ether oxygens (including phenoxy) is 1. The Kier molecular flexibility index (Phi) is 5.73. The molecule has 0 spiro atoms. The third-order valence-corrected chi connectivity index (χ3v) is 4.93. The summed E-state index contributed by atoms with van der Waals surface area (Å²) in [5.74, 6) is -0.254. The fourth-order valence-corrected chi connectivity index (χ4v) is 3.31. The van der Waals surface area contributed by atoms with Crippen LogP contribution in [0.3, 0.4) is 0 Å². The first-order chi connectivity index (χ1) is 14.1. The molecule has 2 aromatic rings. The van der Waals surface area contributed by atoms with Crippen molar-refractivity contribution in [3.63, 3.8) is 0 Å². The highest BCUT2D eigenvalue weighted by Crippen LogP contribution is 2.39. The number of amides is 3. The highest BCUT2D eigenvalue weighted by atomic mass is 19.4. The van der Waals surface area contributed by atoms with Gasteiger partial charge in [0.25, 0.3) is 5.91 Å². The molecule has 0 aromatic heterocycles. The van der Waals surface area contributed by atoms with Crippen LogP contribution in [-0.4, -0.2) is 31.0 Å². The summed E-state index contributed by atoms with van der Waals surface area (Å²) in [6, 6.07) is 9.63. The van der Waals surface area contributed by atoms with E-state index in [1.54, 1.807) is 24.3 Å². The van der Waals surface area contributed by atoms with Crippen molar-refractivity contribution in [3.8, 4) is 5.75 Å². The second kappa shape index (κ2) is 8.10. The molecule has 0 unspecified atom stereocenters. The van der Waals surface area contributed by atoms with Crippen molar-refractivity contribution < 1.29 is 27.5 Å². The summed E-state index contributed by atoms with van der Waals surface area (Å²) in [4.78, 5) is 26.7. The van der Waals surface area contributed by atoms with E-state index in [4.69, 9.17) is 4.74 Å². The van der Waals surface area contributed by atoms with Crippen LogP contribution in [0.4, 0.5) is 23.7 Å². The highest BCUT2D eigenvalue weighted by molar-refractivity contribution is 6.07. The monoisotopic (exact) mass is 419 g/mol. The van der Waals surface area contributed by atoms with Gasteiger partial charge in [0.05, 0.1) is 30.0 Å². The lowest BCUT2D eigenvalue weighted by Gasteiger charge is -2.34. The van der Waals surface area contributed by atoms with Crippen LogP contribution in [0.2, 0.25) is 0 Å². The van der Waals surface area contributed by atoms with E-state index in [9.17, 15) is 22.8 Å². The Morgan fingerprint density at radius 2 is 1.77 bits per heavy atom. The summed E-state index contributed by atoms with van der Waals surface area (Å²) in [5.41, 5.74) is -0.535. The van der Waals surface area contributed by atoms with E-state index in [1.165, 1.54) is 44.2 Å². The van der Waals surface area contributed by atoms with E-state index in [-0.39, 0.29) is 16.8 Å². The molecular formula is C21H20F3N3O3. The van der Waals surface area contributed by atoms with Gasteiger partial charge in [-0.15, -0.1) is 0 Å². The molecule has 1 heterocycles. The van der Waals surface area contributed by atoms with E-state index < -0.39 is 29.7 Å². The molecule has 6 nitrogen and oxygen atoms in total. The molecule has 9 heteroatoms. The van der Waals surface area contributed by atoms with E-state index in [0.29, 0.717) is 11.4 Å². The van der Waals surface area contributed by atoms with Crippen LogP contribution in [0.15, 0.2) is 59.8 Å². The van der Waals surface area contributed by atoms with Crippen LogP contribution in [-0.2, 0) is 11.0 Å². The first-order valence-electron chi connectivity index (χ1n) is 9.00. The number of urea groups is 1. The molecule has 30 heavy (non-hydrogen) atoms. The molecule has 0 bridgehead atoms. The molecule has 1 aliphatic rings. The number of alkyl halides is 3. The number of rotatable bonds is 4. The van der Waals surface area contributed by atoms with E-state index >= 15 is 0 Å². The number of methoxy groups -OCH3 is 1. The number of nitrogens with zero attached hydrogens (tertiary/aromatic N) is 1. The Morgan fingerprint density at radius 3 is 2.43 bits per heavy atom. The van der Waals surface area contributed by atoms with Gasteiger partial charge in [-0.1, -0.05) is 30.3 Å². The van der Waals surface area contributed by atoms with Crippen molar-refractivity contribution in [3.05, 3.63) is 70.9 Å². The van der Waals surface area contributed by atoms with E-state index in [0.717, 1.165) is 6.07 Å². The van der Waals surface area contributed by atoms with Crippen molar-refractivity contribution >= 4 is 17.6 Å². The van der Waals surface area contributed by atoms with Crippen LogP contribution in [0, 0.1) is 0 Å². The second-order valence-electron chi connectivity index (χ2n) is 6.68. The zero-order valence-electron chi connectivity index (χ0n) is 16.5.